The third-order valence-electron chi connectivity index (χ3n) is 3.21. The van der Waals surface area contributed by atoms with Crippen molar-refractivity contribution in [3.05, 3.63) is 18.2 Å². The Morgan fingerprint density at radius 1 is 1.50 bits per heavy atom. The number of carbonyl (C=O) groups is 2. The maximum atomic E-state index is 12.2. The number of hydrogen-bond acceptors (Lipinski definition) is 5. The van der Waals surface area contributed by atoms with Gasteiger partial charge in [-0.05, 0) is 25.5 Å². The molecule has 1 aliphatic heterocycles. The highest BCUT2D eigenvalue weighted by Crippen LogP contribution is 2.38. The van der Waals surface area contributed by atoms with E-state index < -0.39 is 6.10 Å². The van der Waals surface area contributed by atoms with Crippen molar-refractivity contribution in [2.75, 3.05) is 24.3 Å². The van der Waals surface area contributed by atoms with E-state index in [1.54, 1.807) is 30.0 Å². The van der Waals surface area contributed by atoms with Gasteiger partial charge in [0.15, 0.2) is 6.10 Å². The van der Waals surface area contributed by atoms with Crippen LogP contribution in [0.2, 0.25) is 0 Å². The first kappa shape index (κ1) is 14.2. The topological polar surface area (TPSA) is 81.9 Å². The predicted molar refractivity (Wildman–Crippen MR) is 74.5 cm³/mol. The number of nitrogens with two attached hydrogens (primary N) is 1. The average Bonchev–Trinajstić information content (AvgIpc) is 2.43. The minimum atomic E-state index is -0.553. The van der Waals surface area contributed by atoms with Gasteiger partial charge in [0.25, 0.3) is 5.91 Å². The number of nitrogen functional groups attached to an aromatic ring is 1. The van der Waals surface area contributed by atoms with Crippen LogP contribution >= 0.6 is 0 Å². The van der Waals surface area contributed by atoms with Crippen LogP contribution in [-0.4, -0.2) is 31.6 Å². The van der Waals surface area contributed by atoms with Gasteiger partial charge in [0.05, 0.1) is 12.8 Å². The molecule has 1 unspecified atom stereocenters. The number of anilines is 2. The summed E-state index contributed by atoms with van der Waals surface area (Å²) in [6.45, 7) is 2.10. The van der Waals surface area contributed by atoms with E-state index in [9.17, 15) is 9.59 Å². The van der Waals surface area contributed by atoms with Gasteiger partial charge in [0, 0.05) is 13.0 Å². The minimum absolute atomic E-state index is 0.153. The number of methoxy groups -OCH3 is 1. The zero-order chi connectivity index (χ0) is 14.7. The zero-order valence-electron chi connectivity index (χ0n) is 11.6. The molecule has 0 fully saturated rings. The maximum absolute atomic E-state index is 12.2. The highest BCUT2D eigenvalue weighted by Gasteiger charge is 2.32. The summed E-state index contributed by atoms with van der Waals surface area (Å²) in [5.41, 5.74) is 7.00. The monoisotopic (exact) mass is 278 g/mol. The molecule has 0 radical (unpaired) electrons. The van der Waals surface area contributed by atoms with Crippen LogP contribution < -0.4 is 15.4 Å². The van der Waals surface area contributed by atoms with Crippen LogP contribution in [0.25, 0.3) is 0 Å². The second-order valence-electron chi connectivity index (χ2n) is 4.62. The Balaban J connectivity index is 2.18. The first-order chi connectivity index (χ1) is 9.54. The molecule has 20 heavy (non-hydrogen) atoms. The lowest BCUT2D eigenvalue weighted by atomic mass is 10.1. The molecule has 1 atom stereocenters. The van der Waals surface area contributed by atoms with Crippen LogP contribution in [0, 0.1) is 0 Å². The molecule has 2 rings (SSSR count). The predicted octanol–water partition coefficient (Wildman–Crippen LogP) is 1.34. The highest BCUT2D eigenvalue weighted by molar-refractivity contribution is 6.02. The molecule has 1 aromatic carbocycles. The molecule has 0 spiro atoms. The van der Waals surface area contributed by atoms with Gasteiger partial charge in [0.1, 0.15) is 11.4 Å². The van der Waals surface area contributed by atoms with Crippen molar-refractivity contribution in [2.24, 2.45) is 0 Å². The fraction of sp³-hybridized carbons (Fsp3) is 0.429. The Hall–Kier alpha value is -2.24. The summed E-state index contributed by atoms with van der Waals surface area (Å²) in [6, 6.07) is 5.28. The summed E-state index contributed by atoms with van der Waals surface area (Å²) < 4.78 is 10.1. The number of hydrogen-bond donors (Lipinski definition) is 1. The van der Waals surface area contributed by atoms with Gasteiger partial charge in [-0.25, -0.2) is 0 Å². The molecule has 6 nitrogen and oxygen atoms in total. The van der Waals surface area contributed by atoms with Crippen molar-refractivity contribution in [3.8, 4) is 5.75 Å². The van der Waals surface area contributed by atoms with Gasteiger partial charge < -0.3 is 20.1 Å². The second-order valence-corrected chi connectivity index (χ2v) is 4.62. The Labute approximate surface area is 117 Å². The fourth-order valence-electron chi connectivity index (χ4n) is 2.20. The van der Waals surface area contributed by atoms with Gasteiger partial charge in [-0.2, -0.15) is 0 Å². The molecule has 0 aliphatic carbocycles. The summed E-state index contributed by atoms with van der Waals surface area (Å²) in [7, 11) is 1.34. The van der Waals surface area contributed by atoms with E-state index in [2.05, 4.69) is 4.74 Å². The molecule has 1 aliphatic rings. The normalized spacial score (nSPS) is 17.4. The third kappa shape index (κ3) is 2.68. The van der Waals surface area contributed by atoms with E-state index in [0.717, 1.165) is 0 Å². The molecule has 0 saturated heterocycles. The number of rotatable bonds is 4. The first-order valence-corrected chi connectivity index (χ1v) is 6.48. The Morgan fingerprint density at radius 2 is 2.25 bits per heavy atom. The fourth-order valence-corrected chi connectivity index (χ4v) is 2.20. The SMILES string of the molecule is COC(=O)CCCN1C(=O)C(C)Oc2cccc(N)c21. The van der Waals surface area contributed by atoms with Crippen LogP contribution in [0.15, 0.2) is 18.2 Å². The number of esters is 1. The lowest BCUT2D eigenvalue weighted by Crippen LogP contribution is -2.45. The lowest BCUT2D eigenvalue weighted by molar-refractivity contribution is -0.140. The van der Waals surface area contributed by atoms with Crippen molar-refractivity contribution in [3.63, 3.8) is 0 Å². The Bertz CT molecular complexity index is 530. The molecule has 1 heterocycles. The largest absolute Gasteiger partial charge is 0.479 e. The number of para-hydroxylation sites is 1. The average molecular weight is 278 g/mol. The van der Waals surface area contributed by atoms with Gasteiger partial charge >= 0.3 is 5.97 Å². The third-order valence-corrected chi connectivity index (χ3v) is 3.21. The number of carbonyl (C=O) groups excluding carboxylic acids is 2. The molecular formula is C14H18N2O4. The molecule has 0 bridgehead atoms. The number of benzene rings is 1. The van der Waals surface area contributed by atoms with Crippen LogP contribution in [0.4, 0.5) is 11.4 Å². The maximum Gasteiger partial charge on any atom is 0.305 e. The highest BCUT2D eigenvalue weighted by atomic mass is 16.5. The summed E-state index contributed by atoms with van der Waals surface area (Å²) in [5, 5.41) is 0. The molecule has 108 valence electrons. The van der Waals surface area contributed by atoms with Crippen LogP contribution in [0.1, 0.15) is 19.8 Å². The number of nitrogens with zero attached hydrogens (tertiary/aromatic N) is 1. The summed E-state index contributed by atoms with van der Waals surface area (Å²) in [4.78, 5) is 24.9. The summed E-state index contributed by atoms with van der Waals surface area (Å²) in [6.07, 6.45) is 0.221. The molecule has 0 saturated carbocycles. The van der Waals surface area contributed by atoms with E-state index in [1.807, 2.05) is 0 Å². The lowest BCUT2D eigenvalue weighted by Gasteiger charge is -2.33. The van der Waals surface area contributed by atoms with E-state index >= 15 is 0 Å². The molecule has 6 heteroatoms. The molecule has 1 amide bonds. The Morgan fingerprint density at radius 3 is 2.95 bits per heavy atom. The van der Waals surface area contributed by atoms with Crippen molar-refractivity contribution < 1.29 is 19.1 Å². The summed E-state index contributed by atoms with van der Waals surface area (Å²) >= 11 is 0. The number of fused-ring (bicyclic) bond motifs is 1. The molecule has 1 aromatic rings. The quantitative estimate of drug-likeness (QED) is 0.664. The molecule has 0 aromatic heterocycles. The van der Waals surface area contributed by atoms with E-state index in [4.69, 9.17) is 10.5 Å². The van der Waals surface area contributed by atoms with E-state index in [-0.39, 0.29) is 18.3 Å². The Kier molecular flexibility index (Phi) is 4.12. The van der Waals surface area contributed by atoms with Crippen LogP contribution in [0.3, 0.4) is 0 Å². The molecule has 2 N–H and O–H groups in total. The van der Waals surface area contributed by atoms with Gasteiger partial charge in [-0.3, -0.25) is 9.59 Å². The standard InChI is InChI=1S/C14H18N2O4/c1-9-14(18)16(8-4-7-12(17)19-2)13-10(15)5-3-6-11(13)20-9/h3,5-6,9H,4,7-8,15H2,1-2H3. The molecular weight excluding hydrogens is 260 g/mol. The van der Waals surface area contributed by atoms with E-state index in [0.29, 0.717) is 30.1 Å². The van der Waals surface area contributed by atoms with Crippen molar-refractivity contribution in [1.82, 2.24) is 0 Å². The van der Waals surface area contributed by atoms with E-state index in [1.165, 1.54) is 7.11 Å². The smallest absolute Gasteiger partial charge is 0.305 e. The zero-order valence-corrected chi connectivity index (χ0v) is 11.6. The van der Waals surface area contributed by atoms with Gasteiger partial charge in [-0.15, -0.1) is 0 Å². The first-order valence-electron chi connectivity index (χ1n) is 6.48. The number of amides is 1. The summed E-state index contributed by atoms with van der Waals surface area (Å²) in [5.74, 6) is 0.149. The van der Waals surface area contributed by atoms with Crippen molar-refractivity contribution in [2.45, 2.75) is 25.9 Å². The van der Waals surface area contributed by atoms with Crippen LogP contribution in [-0.2, 0) is 14.3 Å². The van der Waals surface area contributed by atoms with Crippen LogP contribution in [0.5, 0.6) is 5.75 Å². The second kappa shape index (κ2) is 5.81. The van der Waals surface area contributed by atoms with Gasteiger partial charge in [-0.1, -0.05) is 6.07 Å². The minimum Gasteiger partial charge on any atom is -0.479 e. The van der Waals surface area contributed by atoms with Crippen molar-refractivity contribution in [1.29, 1.82) is 0 Å². The van der Waals surface area contributed by atoms with Crippen molar-refractivity contribution >= 4 is 23.3 Å². The van der Waals surface area contributed by atoms with Gasteiger partial charge in [0.2, 0.25) is 0 Å². The number of ether oxygens (including phenoxy) is 2.